The molecule has 2 aliphatic rings. The van der Waals surface area contributed by atoms with Crippen LogP contribution in [0.1, 0.15) is 42.4 Å². The number of benzene rings is 2. The zero-order chi connectivity index (χ0) is 22.7. The lowest BCUT2D eigenvalue weighted by Crippen LogP contribution is -2.42. The molecule has 1 N–H and O–H groups in total. The van der Waals surface area contributed by atoms with Crippen molar-refractivity contribution in [2.75, 3.05) is 25.0 Å². The fraction of sp³-hybridized carbons (Fsp3) is 0.375. The Hall–Kier alpha value is -3.42. The molecule has 0 saturated carbocycles. The quantitative estimate of drug-likeness (QED) is 0.585. The van der Waals surface area contributed by atoms with E-state index in [1.54, 1.807) is 22.8 Å². The first-order chi connectivity index (χ1) is 15.4. The average molecular weight is 439 g/mol. The van der Waals surface area contributed by atoms with E-state index in [1.807, 2.05) is 24.3 Å². The molecule has 3 amide bonds. The molecule has 0 unspecified atom stereocenters. The van der Waals surface area contributed by atoms with Crippen molar-refractivity contribution in [1.82, 2.24) is 9.80 Å². The number of nitrogens with zero attached hydrogens (tertiary/aromatic N) is 2. The van der Waals surface area contributed by atoms with E-state index in [1.165, 1.54) is 12.1 Å². The summed E-state index contributed by atoms with van der Waals surface area (Å²) in [6.07, 6.45) is 1.53. The van der Waals surface area contributed by atoms with Crippen molar-refractivity contribution in [3.63, 3.8) is 0 Å². The first-order valence-electron chi connectivity index (χ1n) is 10.8. The third kappa shape index (κ3) is 4.74. The van der Waals surface area contributed by atoms with Crippen LogP contribution >= 0.6 is 0 Å². The highest BCUT2D eigenvalue weighted by Crippen LogP contribution is 2.29. The molecule has 8 heteroatoms. The number of hydrogen-bond acceptors (Lipinski definition) is 4. The standard InChI is InChI=1S/C24H26FN3O4/c1-2-32-23(30)22(29)27-11-9-17(10-12-27)16-4-7-21(8-5-16)26-24(31)28-14-18-3-6-20(25)13-19(18)15-28/h3-8,13,17H,2,9-12,14-15H2,1H3,(H,26,31). The highest BCUT2D eigenvalue weighted by molar-refractivity contribution is 6.32. The van der Waals surface area contributed by atoms with E-state index < -0.39 is 11.9 Å². The van der Waals surface area contributed by atoms with E-state index in [0.29, 0.717) is 31.9 Å². The zero-order valence-electron chi connectivity index (χ0n) is 18.0. The van der Waals surface area contributed by atoms with Crippen molar-refractivity contribution >= 4 is 23.6 Å². The summed E-state index contributed by atoms with van der Waals surface area (Å²) in [5.74, 6) is -1.38. The van der Waals surface area contributed by atoms with Crippen molar-refractivity contribution in [2.45, 2.75) is 38.8 Å². The van der Waals surface area contributed by atoms with Gasteiger partial charge in [-0.2, -0.15) is 0 Å². The van der Waals surface area contributed by atoms with Gasteiger partial charge < -0.3 is 19.9 Å². The molecular formula is C24H26FN3O4. The van der Waals surface area contributed by atoms with Gasteiger partial charge in [0.2, 0.25) is 0 Å². The minimum absolute atomic E-state index is 0.188. The van der Waals surface area contributed by atoms with Crippen molar-refractivity contribution < 1.29 is 23.5 Å². The predicted octanol–water partition coefficient (Wildman–Crippen LogP) is 3.64. The lowest BCUT2D eigenvalue weighted by Gasteiger charge is -2.31. The Morgan fingerprint density at radius 2 is 1.69 bits per heavy atom. The van der Waals surface area contributed by atoms with Gasteiger partial charge in [-0.3, -0.25) is 4.79 Å². The lowest BCUT2D eigenvalue weighted by atomic mass is 9.89. The van der Waals surface area contributed by atoms with Crippen LogP contribution in [0, 0.1) is 5.82 Å². The molecule has 2 aromatic rings. The molecule has 1 saturated heterocycles. The first-order valence-corrected chi connectivity index (χ1v) is 10.8. The van der Waals surface area contributed by atoms with E-state index in [-0.39, 0.29) is 24.4 Å². The van der Waals surface area contributed by atoms with Gasteiger partial charge in [-0.15, -0.1) is 0 Å². The molecule has 0 spiro atoms. The Bertz CT molecular complexity index is 1020. The third-order valence-electron chi connectivity index (χ3n) is 6.04. The van der Waals surface area contributed by atoms with Gasteiger partial charge in [0.05, 0.1) is 6.61 Å². The molecule has 0 atom stereocenters. The van der Waals surface area contributed by atoms with Crippen LogP contribution in [0.2, 0.25) is 0 Å². The van der Waals surface area contributed by atoms with E-state index in [0.717, 1.165) is 29.5 Å². The van der Waals surface area contributed by atoms with Crippen LogP contribution in [0.25, 0.3) is 0 Å². The minimum Gasteiger partial charge on any atom is -0.459 e. The normalized spacial score (nSPS) is 15.9. The van der Waals surface area contributed by atoms with E-state index >= 15 is 0 Å². The molecule has 0 aliphatic carbocycles. The van der Waals surface area contributed by atoms with Gasteiger partial charge in [-0.1, -0.05) is 18.2 Å². The number of rotatable bonds is 3. The number of halogens is 1. The number of esters is 1. The van der Waals surface area contributed by atoms with Crippen LogP contribution in [-0.2, 0) is 27.4 Å². The summed E-state index contributed by atoms with van der Waals surface area (Å²) in [5, 5.41) is 2.90. The first kappa shape index (κ1) is 21.8. The number of likely N-dealkylation sites (tertiary alicyclic amines) is 1. The minimum atomic E-state index is -0.794. The smallest absolute Gasteiger partial charge is 0.397 e. The van der Waals surface area contributed by atoms with Crippen molar-refractivity contribution in [2.24, 2.45) is 0 Å². The number of carbonyl (C=O) groups is 3. The number of hydrogen-bond donors (Lipinski definition) is 1. The number of fused-ring (bicyclic) bond motifs is 1. The molecule has 4 rings (SSSR count). The van der Waals surface area contributed by atoms with Crippen LogP contribution in [0.15, 0.2) is 42.5 Å². The maximum Gasteiger partial charge on any atom is 0.397 e. The molecule has 7 nitrogen and oxygen atoms in total. The maximum atomic E-state index is 13.4. The molecule has 168 valence electrons. The molecular weight excluding hydrogens is 413 g/mol. The molecule has 2 heterocycles. The van der Waals surface area contributed by atoms with Gasteiger partial charge in [0.15, 0.2) is 0 Å². The van der Waals surface area contributed by atoms with E-state index in [9.17, 15) is 18.8 Å². The predicted molar refractivity (Wildman–Crippen MR) is 116 cm³/mol. The Labute approximate surface area is 186 Å². The number of nitrogens with one attached hydrogen (secondary N) is 1. The average Bonchev–Trinajstić information content (AvgIpc) is 3.23. The summed E-state index contributed by atoms with van der Waals surface area (Å²) in [7, 11) is 0. The molecule has 0 aromatic heterocycles. The molecule has 0 radical (unpaired) electrons. The van der Waals surface area contributed by atoms with Crippen molar-refractivity contribution in [1.29, 1.82) is 0 Å². The highest BCUT2D eigenvalue weighted by atomic mass is 19.1. The number of urea groups is 1. The molecule has 1 fully saturated rings. The highest BCUT2D eigenvalue weighted by Gasteiger charge is 2.28. The van der Waals surface area contributed by atoms with E-state index in [4.69, 9.17) is 4.74 Å². The number of piperidine rings is 1. The SMILES string of the molecule is CCOC(=O)C(=O)N1CCC(c2ccc(NC(=O)N3Cc4ccc(F)cc4C3)cc2)CC1. The molecule has 0 bridgehead atoms. The second-order valence-electron chi connectivity index (χ2n) is 8.11. The van der Waals surface area contributed by atoms with Crippen LogP contribution < -0.4 is 5.32 Å². The van der Waals surface area contributed by atoms with Crippen molar-refractivity contribution in [3.8, 4) is 0 Å². The molecule has 32 heavy (non-hydrogen) atoms. The van der Waals surface area contributed by atoms with Crippen molar-refractivity contribution in [3.05, 3.63) is 65.0 Å². The van der Waals surface area contributed by atoms with Gasteiger partial charge in [-0.25, -0.2) is 14.0 Å². The Morgan fingerprint density at radius 1 is 1.00 bits per heavy atom. The summed E-state index contributed by atoms with van der Waals surface area (Å²) in [6, 6.07) is 12.1. The Morgan fingerprint density at radius 3 is 2.38 bits per heavy atom. The third-order valence-corrected chi connectivity index (χ3v) is 6.04. The maximum absolute atomic E-state index is 13.4. The zero-order valence-corrected chi connectivity index (χ0v) is 18.0. The van der Waals surface area contributed by atoms with Crippen LogP contribution in [0.4, 0.5) is 14.9 Å². The largest absolute Gasteiger partial charge is 0.459 e. The van der Waals surface area contributed by atoms with Gasteiger partial charge in [0.25, 0.3) is 0 Å². The van der Waals surface area contributed by atoms with Gasteiger partial charge in [0.1, 0.15) is 5.82 Å². The number of amides is 3. The van der Waals surface area contributed by atoms with Crippen LogP contribution in [0.3, 0.4) is 0 Å². The Balaban J connectivity index is 1.29. The number of ether oxygens (including phenoxy) is 1. The van der Waals surface area contributed by atoms with Gasteiger partial charge in [-0.05, 0) is 66.6 Å². The summed E-state index contributed by atoms with van der Waals surface area (Å²) in [5.41, 5.74) is 3.62. The lowest BCUT2D eigenvalue weighted by molar-refractivity contribution is -0.160. The molecule has 2 aliphatic heterocycles. The fourth-order valence-electron chi connectivity index (χ4n) is 4.29. The van der Waals surface area contributed by atoms with Crippen LogP contribution in [0.5, 0.6) is 0 Å². The summed E-state index contributed by atoms with van der Waals surface area (Å²) < 4.78 is 18.2. The second-order valence-corrected chi connectivity index (χ2v) is 8.11. The summed E-state index contributed by atoms with van der Waals surface area (Å²) in [6.45, 7) is 3.73. The van der Waals surface area contributed by atoms with Gasteiger partial charge in [0, 0.05) is 31.9 Å². The Kier molecular flexibility index (Phi) is 6.39. The van der Waals surface area contributed by atoms with E-state index in [2.05, 4.69) is 5.32 Å². The van der Waals surface area contributed by atoms with Crippen LogP contribution in [-0.4, -0.2) is 47.4 Å². The topological polar surface area (TPSA) is 79.0 Å². The second kappa shape index (κ2) is 9.38. The van der Waals surface area contributed by atoms with Gasteiger partial charge >= 0.3 is 17.9 Å². The molecule has 2 aromatic carbocycles. The fourth-order valence-corrected chi connectivity index (χ4v) is 4.29. The number of carbonyl (C=O) groups excluding carboxylic acids is 3. The summed E-state index contributed by atoms with van der Waals surface area (Å²) in [4.78, 5) is 39.5. The number of anilines is 1. The summed E-state index contributed by atoms with van der Waals surface area (Å²) >= 11 is 0. The monoisotopic (exact) mass is 439 g/mol.